The van der Waals surface area contributed by atoms with E-state index in [2.05, 4.69) is 78.9 Å². The Morgan fingerprint density at radius 3 is 1.95 bits per heavy atom. The lowest BCUT2D eigenvalue weighted by Crippen LogP contribution is -2.01. The minimum atomic E-state index is -0.429. The molecule has 0 bridgehead atoms. The van der Waals surface area contributed by atoms with E-state index in [0.717, 1.165) is 43.9 Å². The number of para-hydroxylation sites is 2. The summed E-state index contributed by atoms with van der Waals surface area (Å²) in [5, 5.41) is 6.49. The van der Waals surface area contributed by atoms with Crippen LogP contribution in [0.25, 0.3) is 81.0 Å². The Labute approximate surface area is 253 Å². The molecule has 3 heteroatoms. The Bertz CT molecular complexity index is 2680. The Kier molecular flexibility index (Phi) is 4.13. The van der Waals surface area contributed by atoms with Crippen molar-refractivity contribution in [3.05, 3.63) is 145 Å². The van der Waals surface area contributed by atoms with Crippen LogP contribution in [0.15, 0.2) is 145 Å². The molecule has 0 saturated carbocycles. The predicted octanol–water partition coefficient (Wildman–Crippen LogP) is 11.0. The van der Waals surface area contributed by atoms with Gasteiger partial charge in [0.1, 0.15) is 5.82 Å². The number of hydrogen-bond donors (Lipinski definition) is 0. The molecule has 0 aliphatic carbocycles. The number of fused-ring (bicyclic) bond motifs is 6. The molecule has 0 amide bonds. The summed E-state index contributed by atoms with van der Waals surface area (Å²) in [6.07, 6.45) is 0. The van der Waals surface area contributed by atoms with E-state index in [0.29, 0.717) is 11.3 Å². The third kappa shape index (κ3) is 3.35. The largest absolute Gasteiger partial charge is 0.291 e. The minimum Gasteiger partial charge on any atom is -0.291 e. The third-order valence-corrected chi connectivity index (χ3v) is 9.22. The van der Waals surface area contributed by atoms with Crippen LogP contribution in [0.2, 0.25) is 0 Å². The Morgan fingerprint density at radius 1 is 0.571 bits per heavy atom. The minimum absolute atomic E-state index is 0.0685. The second-order valence-electron chi connectivity index (χ2n) is 10.4. The van der Waals surface area contributed by atoms with Gasteiger partial charge in [0.2, 0.25) is 0 Å². The second-order valence-corrected chi connectivity index (χ2v) is 11.4. The molecule has 0 aliphatic heterocycles. The Hall–Kier alpha value is -5.25. The van der Waals surface area contributed by atoms with Gasteiger partial charge < -0.3 is 0 Å². The average Bonchev–Trinajstić information content (AvgIpc) is 3.67. The molecule has 7 aromatic carbocycles. The topological polar surface area (TPSA) is 17.8 Å². The molecule has 42 heavy (non-hydrogen) atoms. The van der Waals surface area contributed by atoms with E-state index in [1.54, 1.807) is 11.3 Å². The van der Waals surface area contributed by atoms with Crippen molar-refractivity contribution in [2.75, 3.05) is 0 Å². The fourth-order valence-electron chi connectivity index (χ4n) is 6.40. The second kappa shape index (κ2) is 9.13. The van der Waals surface area contributed by atoms with Gasteiger partial charge in [-0.1, -0.05) is 121 Å². The molecular weight excluding hydrogens is 529 g/mol. The van der Waals surface area contributed by atoms with Crippen molar-refractivity contribution in [3.8, 4) is 28.2 Å². The number of hydrogen-bond acceptors (Lipinski definition) is 2. The monoisotopic (exact) mass is 557 g/mol. The van der Waals surface area contributed by atoms with Gasteiger partial charge in [-0.05, 0) is 46.2 Å². The van der Waals surface area contributed by atoms with E-state index in [4.69, 9.17) is 11.8 Å². The van der Waals surface area contributed by atoms with Gasteiger partial charge in [0.15, 0.2) is 0 Å². The van der Waals surface area contributed by atoms with Gasteiger partial charge in [-0.2, -0.15) is 0 Å². The SMILES string of the molecule is [2H]c1c([2H])c([2H])c(-c2nc3ccccc3n2-c2c3ccccc3c(-c3cccc4sc5ccccc5c34)c3ccccc23)c([2H])c1[2H]. The first-order valence-electron chi connectivity index (χ1n) is 16.3. The molecule has 0 fully saturated rings. The summed E-state index contributed by atoms with van der Waals surface area (Å²) < 4.78 is 47.3. The number of benzene rings is 7. The van der Waals surface area contributed by atoms with E-state index in [9.17, 15) is 0 Å². The van der Waals surface area contributed by atoms with Crippen molar-refractivity contribution in [1.82, 2.24) is 9.55 Å². The quantitative estimate of drug-likeness (QED) is 0.198. The summed E-state index contributed by atoms with van der Waals surface area (Å²) in [4.78, 5) is 4.95. The van der Waals surface area contributed by atoms with Crippen molar-refractivity contribution in [3.63, 3.8) is 0 Å². The van der Waals surface area contributed by atoms with Crippen molar-refractivity contribution in [2.24, 2.45) is 0 Å². The van der Waals surface area contributed by atoms with Gasteiger partial charge in [0, 0.05) is 36.5 Å². The molecule has 0 unspecified atom stereocenters. The first-order chi connectivity index (χ1) is 22.9. The fraction of sp³-hybridized carbons (Fsp3) is 0. The molecule has 0 saturated heterocycles. The number of imidazole rings is 1. The van der Waals surface area contributed by atoms with Crippen LogP contribution < -0.4 is 0 Å². The van der Waals surface area contributed by atoms with Crippen LogP contribution in [0.3, 0.4) is 0 Å². The van der Waals surface area contributed by atoms with Crippen LogP contribution in [0.5, 0.6) is 0 Å². The molecule has 9 rings (SSSR count). The molecule has 0 spiro atoms. The standard InChI is InChI=1S/C39H24N2S/c1-2-13-25(14-3-1)39-40-32-21-9-10-22-33(32)41(39)38-28-17-6-4-15-26(28)36(27-16-5-7-18-29(27)38)31-20-12-24-35-37(31)30-19-8-11-23-34(30)42-35/h1-24H/i1D,2D,3D,13D,14D. The predicted molar refractivity (Wildman–Crippen MR) is 180 cm³/mol. The summed E-state index contributed by atoms with van der Waals surface area (Å²) in [7, 11) is 0. The molecule has 0 aliphatic rings. The summed E-state index contributed by atoms with van der Waals surface area (Å²) in [6, 6.07) is 37.7. The van der Waals surface area contributed by atoms with Gasteiger partial charge in [-0.3, -0.25) is 4.57 Å². The summed E-state index contributed by atoms with van der Waals surface area (Å²) >= 11 is 1.80. The molecule has 2 aromatic heterocycles. The van der Waals surface area contributed by atoms with Crippen LogP contribution >= 0.6 is 11.3 Å². The highest BCUT2D eigenvalue weighted by Gasteiger charge is 2.22. The lowest BCUT2D eigenvalue weighted by molar-refractivity contribution is 1.13. The maximum absolute atomic E-state index is 8.88. The normalized spacial score (nSPS) is 13.5. The van der Waals surface area contributed by atoms with Crippen molar-refractivity contribution >= 4 is 64.1 Å². The summed E-state index contributed by atoms with van der Waals surface area (Å²) in [5.41, 5.74) is 4.64. The first kappa shape index (κ1) is 19.0. The zero-order valence-corrected chi connectivity index (χ0v) is 23.1. The van der Waals surface area contributed by atoms with Gasteiger partial charge in [-0.15, -0.1) is 11.3 Å². The van der Waals surface area contributed by atoms with Crippen LogP contribution in [-0.2, 0) is 0 Å². The summed E-state index contributed by atoms with van der Waals surface area (Å²) in [6.45, 7) is 0. The first-order valence-corrected chi connectivity index (χ1v) is 14.6. The molecule has 0 atom stereocenters. The third-order valence-electron chi connectivity index (χ3n) is 8.08. The Balaban J connectivity index is 1.48. The van der Waals surface area contributed by atoms with Gasteiger partial charge >= 0.3 is 0 Å². The van der Waals surface area contributed by atoms with Crippen molar-refractivity contribution in [2.45, 2.75) is 0 Å². The molecule has 9 aromatic rings. The zero-order valence-electron chi connectivity index (χ0n) is 27.3. The number of thiophene rings is 1. The van der Waals surface area contributed by atoms with E-state index in [1.165, 1.54) is 20.2 Å². The molecule has 196 valence electrons. The van der Waals surface area contributed by atoms with E-state index in [-0.39, 0.29) is 29.7 Å². The van der Waals surface area contributed by atoms with Crippen molar-refractivity contribution in [1.29, 1.82) is 0 Å². The van der Waals surface area contributed by atoms with Gasteiger partial charge in [0.05, 0.1) is 23.6 Å². The van der Waals surface area contributed by atoms with E-state index < -0.39 is 6.04 Å². The highest BCUT2D eigenvalue weighted by atomic mass is 32.1. The lowest BCUT2D eigenvalue weighted by Gasteiger charge is -2.20. The molecular formula is C39H24N2S. The molecule has 2 heterocycles. The van der Waals surface area contributed by atoms with E-state index >= 15 is 0 Å². The highest BCUT2D eigenvalue weighted by molar-refractivity contribution is 7.25. The zero-order chi connectivity index (χ0) is 32.0. The van der Waals surface area contributed by atoms with Gasteiger partial charge in [0.25, 0.3) is 0 Å². The van der Waals surface area contributed by atoms with Crippen LogP contribution in [0.1, 0.15) is 6.85 Å². The molecule has 0 radical (unpaired) electrons. The summed E-state index contributed by atoms with van der Waals surface area (Å²) in [5.74, 6) is 0.303. The Morgan fingerprint density at radius 2 is 1.19 bits per heavy atom. The van der Waals surface area contributed by atoms with E-state index in [1.807, 2.05) is 41.0 Å². The molecule has 0 N–H and O–H groups in total. The maximum Gasteiger partial charge on any atom is 0.145 e. The number of rotatable bonds is 3. The van der Waals surface area contributed by atoms with Crippen LogP contribution in [0, 0.1) is 0 Å². The van der Waals surface area contributed by atoms with Crippen LogP contribution in [0.4, 0.5) is 0 Å². The van der Waals surface area contributed by atoms with Crippen LogP contribution in [-0.4, -0.2) is 9.55 Å². The van der Waals surface area contributed by atoms with Gasteiger partial charge in [-0.25, -0.2) is 4.98 Å². The van der Waals surface area contributed by atoms with Crippen molar-refractivity contribution < 1.29 is 6.85 Å². The number of nitrogens with zero attached hydrogens (tertiary/aromatic N) is 2. The highest BCUT2D eigenvalue weighted by Crippen LogP contribution is 2.47. The number of aromatic nitrogens is 2. The smallest absolute Gasteiger partial charge is 0.145 e. The lowest BCUT2D eigenvalue weighted by atomic mass is 9.88. The average molecular weight is 558 g/mol. The maximum atomic E-state index is 8.88. The molecule has 2 nitrogen and oxygen atoms in total. The fourth-order valence-corrected chi connectivity index (χ4v) is 7.53.